The number of carbonyl (C=O) groups excluding carboxylic acids is 1. The van der Waals surface area contributed by atoms with E-state index in [2.05, 4.69) is 10.1 Å². The van der Waals surface area contributed by atoms with Gasteiger partial charge in [-0.2, -0.15) is 10.1 Å². The summed E-state index contributed by atoms with van der Waals surface area (Å²) in [5.74, 6) is 0.732. The Bertz CT molecular complexity index is 486. The highest BCUT2D eigenvalue weighted by Crippen LogP contribution is 2.05. The van der Waals surface area contributed by atoms with Gasteiger partial charge in [0.1, 0.15) is 18.5 Å². The normalized spacial score (nSPS) is 10.5. The second-order valence-electron chi connectivity index (χ2n) is 3.12. The summed E-state index contributed by atoms with van der Waals surface area (Å²) in [5.41, 5.74) is 5.82. The lowest BCUT2D eigenvalue weighted by molar-refractivity contribution is 0.101. The van der Waals surface area contributed by atoms with Crippen LogP contribution in [-0.2, 0) is 6.54 Å². The molecule has 0 bridgehead atoms. The molecular formula is C9H10N4O2. The van der Waals surface area contributed by atoms with Crippen LogP contribution in [0.25, 0.3) is 0 Å². The first-order valence-electron chi connectivity index (χ1n) is 4.39. The van der Waals surface area contributed by atoms with Gasteiger partial charge >= 0.3 is 0 Å². The van der Waals surface area contributed by atoms with E-state index in [-0.39, 0.29) is 5.78 Å². The maximum absolute atomic E-state index is 11.0. The number of oxazole rings is 1. The number of ketones is 1. The molecule has 0 amide bonds. The number of rotatable bonds is 3. The molecule has 2 heterocycles. The Morgan fingerprint density at radius 3 is 3.00 bits per heavy atom. The standard InChI is InChI=1S/C9H10N4O2/c1-6(14)7-2-3-13(12-7)4-9-11-8(10)5-15-9/h2-3,5H,4,10H2,1H3. The van der Waals surface area contributed by atoms with Crippen LogP contribution in [0.4, 0.5) is 5.82 Å². The Balaban J connectivity index is 2.14. The molecule has 0 unspecified atom stereocenters. The molecule has 0 spiro atoms. The van der Waals surface area contributed by atoms with Crippen molar-refractivity contribution in [3.8, 4) is 0 Å². The van der Waals surface area contributed by atoms with E-state index >= 15 is 0 Å². The van der Waals surface area contributed by atoms with Gasteiger partial charge in [0.05, 0.1) is 0 Å². The van der Waals surface area contributed by atoms with Crippen LogP contribution in [0.5, 0.6) is 0 Å². The van der Waals surface area contributed by atoms with Crippen LogP contribution in [-0.4, -0.2) is 20.5 Å². The summed E-state index contributed by atoms with van der Waals surface area (Å²) in [7, 11) is 0. The van der Waals surface area contributed by atoms with Crippen LogP contribution in [0.15, 0.2) is 22.9 Å². The number of nitrogens with two attached hydrogens (primary N) is 1. The van der Waals surface area contributed by atoms with Crippen molar-refractivity contribution in [3.05, 3.63) is 30.1 Å². The van der Waals surface area contributed by atoms with Crippen molar-refractivity contribution in [2.24, 2.45) is 0 Å². The molecule has 15 heavy (non-hydrogen) atoms. The van der Waals surface area contributed by atoms with E-state index in [0.29, 0.717) is 23.9 Å². The van der Waals surface area contributed by atoms with Crippen LogP contribution < -0.4 is 5.73 Å². The average Bonchev–Trinajstić information content (AvgIpc) is 2.76. The summed E-state index contributed by atoms with van der Waals surface area (Å²) in [4.78, 5) is 14.9. The van der Waals surface area contributed by atoms with Gasteiger partial charge in [-0.3, -0.25) is 9.48 Å². The molecule has 78 valence electrons. The predicted octanol–water partition coefficient (Wildman–Crippen LogP) is 0.704. The lowest BCUT2D eigenvalue weighted by atomic mass is 10.3. The van der Waals surface area contributed by atoms with Gasteiger partial charge in [-0.15, -0.1) is 0 Å². The van der Waals surface area contributed by atoms with Gasteiger partial charge in [0.15, 0.2) is 11.6 Å². The molecule has 0 saturated carbocycles. The van der Waals surface area contributed by atoms with Crippen molar-refractivity contribution in [2.45, 2.75) is 13.5 Å². The molecule has 2 rings (SSSR count). The molecule has 2 aromatic heterocycles. The van der Waals surface area contributed by atoms with E-state index < -0.39 is 0 Å². The fourth-order valence-corrected chi connectivity index (χ4v) is 1.17. The van der Waals surface area contributed by atoms with Crippen molar-refractivity contribution >= 4 is 11.6 Å². The van der Waals surface area contributed by atoms with Crippen LogP contribution in [0.2, 0.25) is 0 Å². The maximum atomic E-state index is 11.0. The van der Waals surface area contributed by atoms with Crippen molar-refractivity contribution in [1.82, 2.24) is 14.8 Å². The first kappa shape index (κ1) is 9.45. The van der Waals surface area contributed by atoms with Crippen LogP contribution in [0.3, 0.4) is 0 Å². The van der Waals surface area contributed by atoms with E-state index in [1.807, 2.05) is 0 Å². The van der Waals surface area contributed by atoms with Crippen molar-refractivity contribution < 1.29 is 9.21 Å². The molecule has 0 saturated heterocycles. The minimum absolute atomic E-state index is 0.0688. The molecule has 6 heteroatoms. The molecule has 0 atom stereocenters. The number of nitrogen functional groups attached to an aromatic ring is 1. The number of nitrogens with zero attached hydrogens (tertiary/aromatic N) is 3. The van der Waals surface area contributed by atoms with Gasteiger partial charge in [0, 0.05) is 13.1 Å². The number of anilines is 1. The van der Waals surface area contributed by atoms with Crippen LogP contribution in [0.1, 0.15) is 23.3 Å². The summed E-state index contributed by atoms with van der Waals surface area (Å²) in [6, 6.07) is 1.65. The number of Topliss-reactive ketones (excluding diaryl/α,β-unsaturated/α-hetero) is 1. The smallest absolute Gasteiger partial charge is 0.217 e. The third-order valence-corrected chi connectivity index (χ3v) is 1.87. The Hall–Kier alpha value is -2.11. The fourth-order valence-electron chi connectivity index (χ4n) is 1.17. The van der Waals surface area contributed by atoms with Gasteiger partial charge in [0.2, 0.25) is 5.89 Å². The summed E-state index contributed by atoms with van der Waals surface area (Å²) < 4.78 is 6.63. The van der Waals surface area contributed by atoms with Gasteiger partial charge < -0.3 is 10.2 Å². The second kappa shape index (κ2) is 3.56. The van der Waals surface area contributed by atoms with Gasteiger partial charge in [-0.05, 0) is 6.07 Å². The molecule has 2 aromatic rings. The lowest BCUT2D eigenvalue weighted by Crippen LogP contribution is -2.03. The molecule has 6 nitrogen and oxygen atoms in total. The monoisotopic (exact) mass is 206 g/mol. The van der Waals surface area contributed by atoms with Crippen molar-refractivity contribution in [2.75, 3.05) is 5.73 Å². The Labute approximate surface area is 85.7 Å². The molecule has 0 aromatic carbocycles. The molecule has 2 N–H and O–H groups in total. The first-order valence-corrected chi connectivity index (χ1v) is 4.39. The largest absolute Gasteiger partial charge is 0.445 e. The number of aromatic nitrogens is 3. The third-order valence-electron chi connectivity index (χ3n) is 1.87. The Morgan fingerprint density at radius 1 is 1.67 bits per heavy atom. The molecule has 0 aliphatic carbocycles. The quantitative estimate of drug-likeness (QED) is 0.747. The van der Waals surface area contributed by atoms with Crippen molar-refractivity contribution in [3.63, 3.8) is 0 Å². The van der Waals surface area contributed by atoms with E-state index in [0.717, 1.165) is 0 Å². The Kier molecular flexibility index (Phi) is 2.24. The molecule has 0 fully saturated rings. The summed E-state index contributed by atoms with van der Waals surface area (Å²) in [6.45, 7) is 1.83. The zero-order valence-corrected chi connectivity index (χ0v) is 8.17. The van der Waals surface area contributed by atoms with Crippen molar-refractivity contribution in [1.29, 1.82) is 0 Å². The van der Waals surface area contributed by atoms with Gasteiger partial charge in [-0.1, -0.05) is 0 Å². The highest BCUT2D eigenvalue weighted by molar-refractivity contribution is 5.91. The lowest BCUT2D eigenvalue weighted by Gasteiger charge is -1.95. The minimum atomic E-state index is -0.0688. The van der Waals surface area contributed by atoms with Gasteiger partial charge in [0.25, 0.3) is 0 Å². The first-order chi connectivity index (χ1) is 7.15. The zero-order valence-electron chi connectivity index (χ0n) is 8.17. The SMILES string of the molecule is CC(=O)c1ccn(Cc2nc(N)co2)n1. The third kappa shape index (κ3) is 2.04. The molecular weight excluding hydrogens is 196 g/mol. The van der Waals surface area contributed by atoms with Gasteiger partial charge in [-0.25, -0.2) is 0 Å². The maximum Gasteiger partial charge on any atom is 0.217 e. The summed E-state index contributed by atoms with van der Waals surface area (Å²) in [5, 5.41) is 4.04. The highest BCUT2D eigenvalue weighted by Gasteiger charge is 2.06. The molecule has 0 aliphatic rings. The molecule has 0 aliphatic heterocycles. The second-order valence-corrected chi connectivity index (χ2v) is 3.12. The van der Waals surface area contributed by atoms with Crippen LogP contribution in [0, 0.1) is 0 Å². The summed E-state index contributed by atoms with van der Waals surface area (Å²) in [6.07, 6.45) is 3.06. The van der Waals surface area contributed by atoms with Crippen LogP contribution >= 0.6 is 0 Å². The van der Waals surface area contributed by atoms with E-state index in [1.165, 1.54) is 13.2 Å². The molecule has 0 radical (unpaired) electrons. The van der Waals surface area contributed by atoms with E-state index in [4.69, 9.17) is 10.2 Å². The zero-order chi connectivity index (χ0) is 10.8. The summed E-state index contributed by atoms with van der Waals surface area (Å²) >= 11 is 0. The average molecular weight is 206 g/mol. The number of hydrogen-bond acceptors (Lipinski definition) is 5. The minimum Gasteiger partial charge on any atom is -0.445 e. The number of carbonyl (C=O) groups is 1. The fraction of sp³-hybridized carbons (Fsp3) is 0.222. The van der Waals surface area contributed by atoms with E-state index in [1.54, 1.807) is 16.9 Å². The Morgan fingerprint density at radius 2 is 2.47 bits per heavy atom. The van der Waals surface area contributed by atoms with E-state index in [9.17, 15) is 4.79 Å². The topological polar surface area (TPSA) is 86.9 Å². The highest BCUT2D eigenvalue weighted by atomic mass is 16.3. The predicted molar refractivity (Wildman–Crippen MR) is 52.2 cm³/mol. The number of hydrogen-bond donors (Lipinski definition) is 1.